The van der Waals surface area contributed by atoms with Crippen molar-refractivity contribution in [3.05, 3.63) is 59.7 Å². The van der Waals surface area contributed by atoms with Crippen LogP contribution in [0.4, 0.5) is 11.4 Å². The number of rotatable bonds is 4. The van der Waals surface area contributed by atoms with Crippen molar-refractivity contribution in [3.8, 4) is 6.07 Å². The van der Waals surface area contributed by atoms with Crippen LogP contribution in [0, 0.1) is 18.3 Å². The highest BCUT2D eigenvalue weighted by molar-refractivity contribution is 5.93. The van der Waals surface area contributed by atoms with Crippen molar-refractivity contribution in [2.45, 2.75) is 6.92 Å². The van der Waals surface area contributed by atoms with E-state index in [2.05, 4.69) is 16.7 Å². The first-order valence-electron chi connectivity index (χ1n) is 6.28. The standard InChI is InChI=1S/C16H15N3O/c1-12-5-4-7-14(9-12)19-16(20)11-18-15-8-3-2-6-13(15)10-17/h2-9,18H,11H2,1H3,(H,19,20). The highest BCUT2D eigenvalue weighted by atomic mass is 16.1. The van der Waals surface area contributed by atoms with Gasteiger partial charge in [-0.15, -0.1) is 0 Å². The van der Waals surface area contributed by atoms with Crippen LogP contribution in [0.15, 0.2) is 48.5 Å². The zero-order valence-electron chi connectivity index (χ0n) is 11.2. The smallest absolute Gasteiger partial charge is 0.243 e. The number of hydrogen-bond donors (Lipinski definition) is 2. The maximum Gasteiger partial charge on any atom is 0.243 e. The lowest BCUT2D eigenvalue weighted by atomic mass is 10.2. The topological polar surface area (TPSA) is 64.9 Å². The van der Waals surface area contributed by atoms with E-state index in [9.17, 15) is 4.79 Å². The Labute approximate surface area is 118 Å². The molecule has 4 nitrogen and oxygen atoms in total. The summed E-state index contributed by atoms with van der Waals surface area (Å²) in [6.45, 7) is 2.09. The largest absolute Gasteiger partial charge is 0.375 e. The van der Waals surface area contributed by atoms with Crippen LogP contribution in [0.2, 0.25) is 0 Å². The normalized spacial score (nSPS) is 9.60. The monoisotopic (exact) mass is 265 g/mol. The molecule has 2 rings (SSSR count). The Bertz CT molecular complexity index is 659. The van der Waals surface area contributed by atoms with Gasteiger partial charge in [-0.1, -0.05) is 24.3 Å². The molecule has 0 saturated heterocycles. The van der Waals surface area contributed by atoms with Crippen LogP contribution < -0.4 is 10.6 Å². The van der Waals surface area contributed by atoms with Gasteiger partial charge in [0.2, 0.25) is 5.91 Å². The van der Waals surface area contributed by atoms with Gasteiger partial charge in [0, 0.05) is 5.69 Å². The second kappa shape index (κ2) is 6.39. The zero-order valence-corrected chi connectivity index (χ0v) is 11.2. The van der Waals surface area contributed by atoms with E-state index in [1.807, 2.05) is 37.3 Å². The predicted molar refractivity (Wildman–Crippen MR) is 79.5 cm³/mol. The van der Waals surface area contributed by atoms with Crippen molar-refractivity contribution < 1.29 is 4.79 Å². The van der Waals surface area contributed by atoms with Crippen LogP contribution in [-0.4, -0.2) is 12.5 Å². The van der Waals surface area contributed by atoms with Crippen molar-refractivity contribution in [3.63, 3.8) is 0 Å². The molecule has 0 bridgehead atoms. The molecule has 0 aromatic heterocycles. The van der Waals surface area contributed by atoms with Gasteiger partial charge in [0.15, 0.2) is 0 Å². The number of hydrogen-bond acceptors (Lipinski definition) is 3. The number of nitriles is 1. The third-order valence-corrected chi connectivity index (χ3v) is 2.79. The lowest BCUT2D eigenvalue weighted by molar-refractivity contribution is -0.114. The molecule has 0 heterocycles. The second-order valence-electron chi connectivity index (χ2n) is 4.43. The summed E-state index contributed by atoms with van der Waals surface area (Å²) in [6, 6.07) is 16.8. The van der Waals surface area contributed by atoms with Crippen LogP contribution in [0.3, 0.4) is 0 Å². The lowest BCUT2D eigenvalue weighted by Crippen LogP contribution is -2.22. The molecule has 100 valence electrons. The van der Waals surface area contributed by atoms with Gasteiger partial charge in [-0.25, -0.2) is 0 Å². The summed E-state index contributed by atoms with van der Waals surface area (Å²) in [5.74, 6) is -0.150. The number of benzene rings is 2. The first kappa shape index (κ1) is 13.6. The highest BCUT2D eigenvalue weighted by Crippen LogP contribution is 2.13. The number of carbonyl (C=O) groups is 1. The molecule has 0 spiro atoms. The molecular formula is C16H15N3O. The number of nitrogens with one attached hydrogen (secondary N) is 2. The summed E-state index contributed by atoms with van der Waals surface area (Å²) in [5.41, 5.74) is 3.04. The molecule has 2 N–H and O–H groups in total. The fraction of sp³-hybridized carbons (Fsp3) is 0.125. The van der Waals surface area contributed by atoms with E-state index in [0.29, 0.717) is 11.3 Å². The first-order valence-corrected chi connectivity index (χ1v) is 6.28. The first-order chi connectivity index (χ1) is 9.69. The number of para-hydroxylation sites is 1. The molecule has 0 saturated carbocycles. The van der Waals surface area contributed by atoms with Crippen molar-refractivity contribution >= 4 is 17.3 Å². The summed E-state index contributed by atoms with van der Waals surface area (Å²) < 4.78 is 0. The van der Waals surface area contributed by atoms with E-state index in [4.69, 9.17) is 5.26 Å². The van der Waals surface area contributed by atoms with Gasteiger partial charge in [0.05, 0.1) is 17.8 Å². The molecule has 0 fully saturated rings. The molecule has 0 atom stereocenters. The number of anilines is 2. The van der Waals surface area contributed by atoms with Crippen LogP contribution in [-0.2, 0) is 4.79 Å². The lowest BCUT2D eigenvalue weighted by Gasteiger charge is -2.09. The van der Waals surface area contributed by atoms with E-state index in [-0.39, 0.29) is 12.5 Å². The van der Waals surface area contributed by atoms with Gasteiger partial charge >= 0.3 is 0 Å². The van der Waals surface area contributed by atoms with Gasteiger partial charge in [0.1, 0.15) is 6.07 Å². The number of amides is 1. The van der Waals surface area contributed by atoms with E-state index in [0.717, 1.165) is 11.3 Å². The Balaban J connectivity index is 1.94. The number of aryl methyl sites for hydroxylation is 1. The van der Waals surface area contributed by atoms with Gasteiger partial charge in [-0.05, 0) is 36.8 Å². The fourth-order valence-corrected chi connectivity index (χ4v) is 1.84. The second-order valence-corrected chi connectivity index (χ2v) is 4.43. The molecule has 0 unspecified atom stereocenters. The van der Waals surface area contributed by atoms with Gasteiger partial charge in [-0.3, -0.25) is 4.79 Å². The van der Waals surface area contributed by atoms with E-state index >= 15 is 0 Å². The zero-order chi connectivity index (χ0) is 14.4. The summed E-state index contributed by atoms with van der Waals surface area (Å²) in [5, 5.41) is 14.7. The van der Waals surface area contributed by atoms with E-state index in [1.54, 1.807) is 18.2 Å². The minimum absolute atomic E-state index is 0.118. The highest BCUT2D eigenvalue weighted by Gasteiger charge is 2.04. The quantitative estimate of drug-likeness (QED) is 0.893. The minimum atomic E-state index is -0.150. The SMILES string of the molecule is Cc1cccc(NC(=O)CNc2ccccc2C#N)c1. The van der Waals surface area contributed by atoms with Crippen LogP contribution >= 0.6 is 0 Å². The number of nitrogens with zero attached hydrogens (tertiary/aromatic N) is 1. The van der Waals surface area contributed by atoms with Crippen LogP contribution in [0.25, 0.3) is 0 Å². The van der Waals surface area contributed by atoms with Crippen molar-refractivity contribution in [1.29, 1.82) is 5.26 Å². The summed E-state index contributed by atoms with van der Waals surface area (Å²) in [4.78, 5) is 11.8. The van der Waals surface area contributed by atoms with Crippen LogP contribution in [0.1, 0.15) is 11.1 Å². The third kappa shape index (κ3) is 3.59. The molecule has 4 heteroatoms. The molecular weight excluding hydrogens is 250 g/mol. The van der Waals surface area contributed by atoms with Crippen LogP contribution in [0.5, 0.6) is 0 Å². The maximum absolute atomic E-state index is 11.8. The maximum atomic E-state index is 11.8. The predicted octanol–water partition coefficient (Wildman–Crippen LogP) is 2.92. The van der Waals surface area contributed by atoms with Gasteiger partial charge < -0.3 is 10.6 Å². The van der Waals surface area contributed by atoms with Crippen molar-refractivity contribution in [1.82, 2.24) is 0 Å². The van der Waals surface area contributed by atoms with Crippen molar-refractivity contribution in [2.75, 3.05) is 17.2 Å². The van der Waals surface area contributed by atoms with E-state index in [1.165, 1.54) is 0 Å². The summed E-state index contributed by atoms with van der Waals surface area (Å²) in [6.07, 6.45) is 0. The molecule has 0 aliphatic carbocycles. The molecule has 0 radical (unpaired) electrons. The van der Waals surface area contributed by atoms with Gasteiger partial charge in [-0.2, -0.15) is 5.26 Å². The van der Waals surface area contributed by atoms with Gasteiger partial charge in [0.25, 0.3) is 0 Å². The minimum Gasteiger partial charge on any atom is -0.375 e. The average Bonchev–Trinajstić information content (AvgIpc) is 2.45. The Hall–Kier alpha value is -2.80. The van der Waals surface area contributed by atoms with E-state index < -0.39 is 0 Å². The molecule has 20 heavy (non-hydrogen) atoms. The summed E-state index contributed by atoms with van der Waals surface area (Å²) >= 11 is 0. The molecule has 0 aliphatic rings. The Morgan fingerprint density at radius 1 is 1.20 bits per heavy atom. The van der Waals surface area contributed by atoms with Crippen molar-refractivity contribution in [2.24, 2.45) is 0 Å². The Morgan fingerprint density at radius 3 is 2.75 bits per heavy atom. The summed E-state index contributed by atoms with van der Waals surface area (Å²) in [7, 11) is 0. The molecule has 1 amide bonds. The molecule has 0 aliphatic heterocycles. The Morgan fingerprint density at radius 2 is 2.00 bits per heavy atom. The molecule has 2 aromatic carbocycles. The Kier molecular flexibility index (Phi) is 4.35. The number of carbonyl (C=O) groups excluding carboxylic acids is 1. The fourth-order valence-electron chi connectivity index (χ4n) is 1.84. The molecule has 2 aromatic rings. The average molecular weight is 265 g/mol. The third-order valence-electron chi connectivity index (χ3n) is 2.79.